The van der Waals surface area contributed by atoms with Gasteiger partial charge >= 0.3 is 0 Å². The van der Waals surface area contributed by atoms with Crippen LogP contribution >= 0.6 is 11.6 Å². The van der Waals surface area contributed by atoms with Gasteiger partial charge < -0.3 is 20.3 Å². The van der Waals surface area contributed by atoms with Crippen LogP contribution in [0.15, 0.2) is 18.2 Å². The number of alkyl halides is 1. The molecule has 0 aliphatic rings. The largest absolute Gasteiger partial charge is 0.504 e. The van der Waals surface area contributed by atoms with Crippen LogP contribution in [0.5, 0.6) is 11.5 Å². The summed E-state index contributed by atoms with van der Waals surface area (Å²) in [5, 5.41) is 20.6. The highest BCUT2D eigenvalue weighted by Gasteiger charge is 2.10. The molecule has 0 aliphatic carbocycles. The standard InChI is InChI=1S/C11H14ClNO4/c1-17-6-8(12)5-13-11(16)7-2-3-9(14)10(15)4-7/h2-4,8,14-15H,5-6H2,1H3,(H,13,16). The second-order valence-corrected chi connectivity index (χ2v) is 4.08. The fourth-order valence-corrected chi connectivity index (χ4v) is 1.41. The SMILES string of the molecule is COCC(Cl)CNC(=O)c1ccc(O)c(O)c1. The molecule has 1 rings (SSSR count). The number of methoxy groups -OCH3 is 1. The van der Waals surface area contributed by atoms with Gasteiger partial charge in [-0.2, -0.15) is 0 Å². The Morgan fingerprint density at radius 3 is 2.76 bits per heavy atom. The zero-order valence-corrected chi connectivity index (χ0v) is 10.1. The van der Waals surface area contributed by atoms with E-state index >= 15 is 0 Å². The first-order valence-electron chi connectivity index (χ1n) is 4.97. The Hall–Kier alpha value is -1.46. The molecule has 17 heavy (non-hydrogen) atoms. The topological polar surface area (TPSA) is 78.8 Å². The number of hydrogen-bond donors (Lipinski definition) is 3. The van der Waals surface area contributed by atoms with Gasteiger partial charge in [0, 0.05) is 19.2 Å². The number of halogens is 1. The van der Waals surface area contributed by atoms with Gasteiger partial charge in [0.2, 0.25) is 0 Å². The van der Waals surface area contributed by atoms with Crippen LogP contribution in [0.25, 0.3) is 0 Å². The van der Waals surface area contributed by atoms with Crippen molar-refractivity contribution in [1.29, 1.82) is 0 Å². The third kappa shape index (κ3) is 4.13. The van der Waals surface area contributed by atoms with Gasteiger partial charge in [-0.3, -0.25) is 4.79 Å². The van der Waals surface area contributed by atoms with Gasteiger partial charge in [0.1, 0.15) is 0 Å². The quantitative estimate of drug-likeness (QED) is 0.546. The number of nitrogens with one attached hydrogen (secondary N) is 1. The summed E-state index contributed by atoms with van der Waals surface area (Å²) in [5.74, 6) is -0.977. The number of phenols is 2. The van der Waals surface area contributed by atoms with Crippen LogP contribution in [-0.4, -0.2) is 41.8 Å². The van der Waals surface area contributed by atoms with Gasteiger partial charge in [0.15, 0.2) is 11.5 Å². The minimum atomic E-state index is -0.373. The number of phenolic OH excluding ortho intramolecular Hbond substituents is 2. The number of carbonyl (C=O) groups excluding carboxylic acids is 1. The zero-order valence-electron chi connectivity index (χ0n) is 9.31. The molecular weight excluding hydrogens is 246 g/mol. The fraction of sp³-hybridized carbons (Fsp3) is 0.364. The van der Waals surface area contributed by atoms with E-state index in [1.54, 1.807) is 0 Å². The van der Waals surface area contributed by atoms with Crippen molar-refractivity contribution in [3.05, 3.63) is 23.8 Å². The molecule has 1 aromatic rings. The predicted octanol–water partition coefficient (Wildman–Crippen LogP) is 1.08. The maximum atomic E-state index is 11.6. The van der Waals surface area contributed by atoms with Crippen LogP contribution < -0.4 is 5.32 Å². The summed E-state index contributed by atoms with van der Waals surface area (Å²) in [7, 11) is 1.52. The highest BCUT2D eigenvalue weighted by Crippen LogP contribution is 2.24. The first kappa shape index (κ1) is 13.6. The molecule has 1 amide bonds. The van der Waals surface area contributed by atoms with Crippen LogP contribution in [-0.2, 0) is 4.74 Å². The molecule has 0 heterocycles. The second-order valence-electron chi connectivity index (χ2n) is 3.47. The Kier molecular flexibility index (Phi) is 5.06. The highest BCUT2D eigenvalue weighted by molar-refractivity contribution is 6.21. The lowest BCUT2D eigenvalue weighted by atomic mass is 10.2. The van der Waals surface area contributed by atoms with Crippen LogP contribution in [0.3, 0.4) is 0 Å². The zero-order chi connectivity index (χ0) is 12.8. The van der Waals surface area contributed by atoms with Crippen molar-refractivity contribution < 1.29 is 19.7 Å². The van der Waals surface area contributed by atoms with Gasteiger partial charge in [0.05, 0.1) is 12.0 Å². The molecule has 5 nitrogen and oxygen atoms in total. The molecule has 1 atom stereocenters. The predicted molar refractivity (Wildman–Crippen MR) is 63.6 cm³/mol. The van der Waals surface area contributed by atoms with E-state index in [4.69, 9.17) is 21.4 Å². The smallest absolute Gasteiger partial charge is 0.251 e. The van der Waals surface area contributed by atoms with Crippen molar-refractivity contribution in [2.45, 2.75) is 5.38 Å². The first-order valence-corrected chi connectivity index (χ1v) is 5.41. The molecule has 0 aliphatic heterocycles. The summed E-state index contributed by atoms with van der Waals surface area (Å²) < 4.78 is 4.82. The van der Waals surface area contributed by atoms with Crippen molar-refractivity contribution in [2.24, 2.45) is 0 Å². The molecule has 1 aromatic carbocycles. The number of aromatic hydroxyl groups is 2. The summed E-state index contributed by atoms with van der Waals surface area (Å²) >= 11 is 5.84. The molecule has 0 spiro atoms. The molecule has 0 saturated carbocycles. The van der Waals surface area contributed by atoms with Gasteiger partial charge in [-0.05, 0) is 18.2 Å². The molecule has 0 radical (unpaired) electrons. The van der Waals surface area contributed by atoms with E-state index in [2.05, 4.69) is 5.32 Å². The van der Waals surface area contributed by atoms with Crippen molar-refractivity contribution in [1.82, 2.24) is 5.32 Å². The van der Waals surface area contributed by atoms with Crippen LogP contribution in [0.2, 0.25) is 0 Å². The fourth-order valence-electron chi connectivity index (χ4n) is 1.21. The van der Waals surface area contributed by atoms with E-state index < -0.39 is 0 Å². The van der Waals surface area contributed by atoms with Crippen molar-refractivity contribution in [3.63, 3.8) is 0 Å². The number of rotatable bonds is 5. The minimum absolute atomic E-state index is 0.251. The minimum Gasteiger partial charge on any atom is -0.504 e. The molecule has 3 N–H and O–H groups in total. The third-order valence-electron chi connectivity index (χ3n) is 2.07. The van der Waals surface area contributed by atoms with E-state index in [1.807, 2.05) is 0 Å². The Morgan fingerprint density at radius 2 is 2.18 bits per heavy atom. The van der Waals surface area contributed by atoms with Crippen LogP contribution in [0.4, 0.5) is 0 Å². The first-order chi connectivity index (χ1) is 8.04. The van der Waals surface area contributed by atoms with Crippen LogP contribution in [0.1, 0.15) is 10.4 Å². The van der Waals surface area contributed by atoms with E-state index in [1.165, 1.54) is 25.3 Å². The normalized spacial score (nSPS) is 12.1. The molecule has 0 saturated heterocycles. The Morgan fingerprint density at radius 1 is 1.47 bits per heavy atom. The van der Waals surface area contributed by atoms with Crippen molar-refractivity contribution in [2.75, 3.05) is 20.3 Å². The van der Waals surface area contributed by atoms with Gasteiger partial charge in [-0.15, -0.1) is 11.6 Å². The number of hydrogen-bond acceptors (Lipinski definition) is 4. The average molecular weight is 260 g/mol. The summed E-state index contributed by atoms with van der Waals surface area (Å²) in [4.78, 5) is 11.6. The Labute approximate surface area is 104 Å². The maximum absolute atomic E-state index is 11.6. The lowest BCUT2D eigenvalue weighted by Crippen LogP contribution is -2.31. The number of carbonyl (C=O) groups is 1. The second kappa shape index (κ2) is 6.32. The lowest BCUT2D eigenvalue weighted by molar-refractivity contribution is 0.0949. The van der Waals surface area contributed by atoms with Crippen molar-refractivity contribution in [3.8, 4) is 11.5 Å². The maximum Gasteiger partial charge on any atom is 0.251 e. The van der Waals surface area contributed by atoms with E-state index in [0.717, 1.165) is 0 Å². The molecule has 1 unspecified atom stereocenters. The molecular formula is C11H14ClNO4. The molecule has 0 aromatic heterocycles. The van der Waals surface area contributed by atoms with E-state index in [0.29, 0.717) is 6.61 Å². The molecule has 6 heteroatoms. The van der Waals surface area contributed by atoms with Crippen LogP contribution in [0, 0.1) is 0 Å². The van der Waals surface area contributed by atoms with Crippen molar-refractivity contribution >= 4 is 17.5 Å². The summed E-state index contributed by atoms with van der Waals surface area (Å²) in [6.45, 7) is 0.596. The molecule has 94 valence electrons. The number of amides is 1. The monoisotopic (exact) mass is 259 g/mol. The third-order valence-corrected chi connectivity index (χ3v) is 2.35. The summed E-state index contributed by atoms with van der Waals surface area (Å²) in [6, 6.07) is 3.84. The average Bonchev–Trinajstić information content (AvgIpc) is 2.30. The highest BCUT2D eigenvalue weighted by atomic mass is 35.5. The summed E-state index contributed by atoms with van der Waals surface area (Å²) in [6.07, 6.45) is 0. The van der Waals surface area contributed by atoms with Gasteiger partial charge in [-0.25, -0.2) is 0 Å². The number of ether oxygens (including phenoxy) is 1. The van der Waals surface area contributed by atoms with Gasteiger partial charge in [0.25, 0.3) is 5.91 Å². The Bertz CT molecular complexity index is 397. The number of benzene rings is 1. The lowest BCUT2D eigenvalue weighted by Gasteiger charge is -2.10. The van der Waals surface area contributed by atoms with Gasteiger partial charge in [-0.1, -0.05) is 0 Å². The molecule has 0 fully saturated rings. The molecule has 0 bridgehead atoms. The Balaban J connectivity index is 2.55. The summed E-state index contributed by atoms with van der Waals surface area (Å²) in [5.41, 5.74) is 0.251. The van der Waals surface area contributed by atoms with E-state index in [9.17, 15) is 9.90 Å². The van der Waals surface area contributed by atoms with E-state index in [-0.39, 0.29) is 34.9 Å².